The first kappa shape index (κ1) is 9.11. The summed E-state index contributed by atoms with van der Waals surface area (Å²) >= 11 is 16.8. The molecule has 0 radical (unpaired) electrons. The fourth-order valence-corrected chi connectivity index (χ4v) is 1.00. The van der Waals surface area contributed by atoms with Crippen LogP contribution in [0.25, 0.3) is 0 Å². The molecule has 0 unspecified atom stereocenters. The number of nitrogens with zero attached hydrogens (tertiary/aromatic N) is 1. The molecule has 0 aromatic carbocycles. The molecule has 1 nitrogen and oxygen atoms in total. The standard InChI is InChI=1S/C7H6Cl3N/c1-5-2-3-11-6(4-5)7(8,9)10/h2-4H,1H3. The third kappa shape index (κ3) is 2.51. The summed E-state index contributed by atoms with van der Waals surface area (Å²) in [5.74, 6) is 0. The van der Waals surface area contributed by atoms with Gasteiger partial charge in [0.25, 0.3) is 0 Å². The van der Waals surface area contributed by atoms with Crippen LogP contribution < -0.4 is 0 Å². The summed E-state index contributed by atoms with van der Waals surface area (Å²) < 4.78 is -1.41. The zero-order valence-corrected chi connectivity index (χ0v) is 8.08. The summed E-state index contributed by atoms with van der Waals surface area (Å²) in [5, 5.41) is 0. The van der Waals surface area contributed by atoms with Crippen LogP contribution >= 0.6 is 34.8 Å². The summed E-state index contributed by atoms with van der Waals surface area (Å²) in [6.07, 6.45) is 1.62. The van der Waals surface area contributed by atoms with Gasteiger partial charge in [0.15, 0.2) is 0 Å². The van der Waals surface area contributed by atoms with Crippen molar-refractivity contribution in [1.82, 2.24) is 4.98 Å². The van der Waals surface area contributed by atoms with Crippen molar-refractivity contribution in [2.75, 3.05) is 0 Å². The highest BCUT2D eigenvalue weighted by atomic mass is 35.6. The molecule has 0 amide bonds. The van der Waals surface area contributed by atoms with Crippen LogP contribution in [0.3, 0.4) is 0 Å². The number of hydrogen-bond donors (Lipinski definition) is 0. The summed E-state index contributed by atoms with van der Waals surface area (Å²) in [5.41, 5.74) is 1.49. The Balaban J connectivity index is 3.06. The van der Waals surface area contributed by atoms with E-state index in [0.29, 0.717) is 5.69 Å². The maximum absolute atomic E-state index is 5.60. The molecule has 0 spiro atoms. The van der Waals surface area contributed by atoms with Crippen LogP contribution in [0.4, 0.5) is 0 Å². The molecule has 1 aromatic heterocycles. The van der Waals surface area contributed by atoms with Gasteiger partial charge in [-0.3, -0.25) is 4.98 Å². The Morgan fingerprint density at radius 1 is 1.36 bits per heavy atom. The van der Waals surface area contributed by atoms with E-state index < -0.39 is 3.79 Å². The molecule has 1 heterocycles. The van der Waals surface area contributed by atoms with Gasteiger partial charge >= 0.3 is 0 Å². The van der Waals surface area contributed by atoms with Crippen LogP contribution in [0, 0.1) is 6.92 Å². The number of pyridine rings is 1. The Morgan fingerprint density at radius 3 is 2.36 bits per heavy atom. The van der Waals surface area contributed by atoms with Crippen molar-refractivity contribution in [1.29, 1.82) is 0 Å². The van der Waals surface area contributed by atoms with E-state index in [4.69, 9.17) is 34.8 Å². The lowest BCUT2D eigenvalue weighted by Crippen LogP contribution is -2.02. The summed E-state index contributed by atoms with van der Waals surface area (Å²) in [6, 6.07) is 3.59. The average molecular weight is 210 g/mol. The smallest absolute Gasteiger partial charge is 0.232 e. The number of aryl methyl sites for hydroxylation is 1. The van der Waals surface area contributed by atoms with E-state index in [2.05, 4.69) is 4.98 Å². The summed E-state index contributed by atoms with van der Waals surface area (Å²) in [4.78, 5) is 3.92. The normalized spacial score (nSPS) is 11.6. The van der Waals surface area contributed by atoms with Crippen LogP contribution in [-0.4, -0.2) is 4.98 Å². The molecule has 0 atom stereocenters. The third-order valence-corrected chi connectivity index (χ3v) is 1.79. The third-order valence-electron chi connectivity index (χ3n) is 1.21. The first-order chi connectivity index (χ1) is 5.00. The molecule has 4 heteroatoms. The van der Waals surface area contributed by atoms with E-state index in [9.17, 15) is 0 Å². The van der Waals surface area contributed by atoms with Gasteiger partial charge in [0.2, 0.25) is 3.79 Å². The van der Waals surface area contributed by atoms with E-state index in [-0.39, 0.29) is 0 Å². The lowest BCUT2D eigenvalue weighted by atomic mass is 10.2. The van der Waals surface area contributed by atoms with Gasteiger partial charge in [-0.1, -0.05) is 34.8 Å². The van der Waals surface area contributed by atoms with Gasteiger partial charge in [0, 0.05) is 6.20 Å². The molecule has 1 aromatic rings. The van der Waals surface area contributed by atoms with Crippen molar-refractivity contribution in [2.45, 2.75) is 10.7 Å². The number of alkyl halides is 3. The van der Waals surface area contributed by atoms with E-state index in [1.165, 1.54) is 0 Å². The molecule has 0 aliphatic heterocycles. The lowest BCUT2D eigenvalue weighted by molar-refractivity contribution is 1.07. The maximum atomic E-state index is 5.60. The number of hydrogen-bond acceptors (Lipinski definition) is 1. The molecule has 0 bridgehead atoms. The minimum atomic E-state index is -1.41. The maximum Gasteiger partial charge on any atom is 0.232 e. The van der Waals surface area contributed by atoms with Crippen LogP contribution in [0.5, 0.6) is 0 Å². The van der Waals surface area contributed by atoms with Gasteiger partial charge in [-0.05, 0) is 24.6 Å². The molecule has 0 aliphatic carbocycles. The fourth-order valence-electron chi connectivity index (χ4n) is 0.691. The molecule has 0 saturated carbocycles. The van der Waals surface area contributed by atoms with Gasteiger partial charge in [-0.25, -0.2) is 0 Å². The van der Waals surface area contributed by atoms with E-state index in [0.717, 1.165) is 5.56 Å². The van der Waals surface area contributed by atoms with Crippen molar-refractivity contribution in [3.05, 3.63) is 29.6 Å². The zero-order valence-electron chi connectivity index (χ0n) is 5.81. The Morgan fingerprint density at radius 2 is 2.00 bits per heavy atom. The van der Waals surface area contributed by atoms with Crippen molar-refractivity contribution in [2.24, 2.45) is 0 Å². The van der Waals surface area contributed by atoms with E-state index in [1.54, 1.807) is 12.3 Å². The topological polar surface area (TPSA) is 12.9 Å². The SMILES string of the molecule is Cc1ccnc(C(Cl)(Cl)Cl)c1. The first-order valence-electron chi connectivity index (χ1n) is 3.00. The summed E-state index contributed by atoms with van der Waals surface area (Å²) in [7, 11) is 0. The molecule has 0 saturated heterocycles. The van der Waals surface area contributed by atoms with Gasteiger partial charge in [0.05, 0.1) is 5.69 Å². The van der Waals surface area contributed by atoms with Crippen LogP contribution in [-0.2, 0) is 3.79 Å². The highest BCUT2D eigenvalue weighted by Crippen LogP contribution is 2.36. The Kier molecular flexibility index (Phi) is 2.63. The number of halogens is 3. The van der Waals surface area contributed by atoms with Gasteiger partial charge < -0.3 is 0 Å². The fraction of sp³-hybridized carbons (Fsp3) is 0.286. The Hall–Kier alpha value is 0.0200. The molecule has 0 aliphatic rings. The largest absolute Gasteiger partial charge is 0.257 e. The van der Waals surface area contributed by atoms with Crippen molar-refractivity contribution in [3.63, 3.8) is 0 Å². The quantitative estimate of drug-likeness (QED) is 0.599. The monoisotopic (exact) mass is 209 g/mol. The molecular weight excluding hydrogens is 204 g/mol. The highest BCUT2D eigenvalue weighted by molar-refractivity contribution is 6.66. The van der Waals surface area contributed by atoms with E-state index >= 15 is 0 Å². The van der Waals surface area contributed by atoms with Crippen LogP contribution in [0.1, 0.15) is 11.3 Å². The van der Waals surface area contributed by atoms with Crippen molar-refractivity contribution >= 4 is 34.8 Å². The molecular formula is C7H6Cl3N. The Bertz CT molecular complexity index is 254. The Labute approximate surface area is 80.3 Å². The number of rotatable bonds is 0. The molecule has 0 fully saturated rings. The second-order valence-corrected chi connectivity index (χ2v) is 4.50. The molecule has 60 valence electrons. The van der Waals surface area contributed by atoms with Crippen molar-refractivity contribution < 1.29 is 0 Å². The predicted octanol–water partition coefficient (Wildman–Crippen LogP) is 3.22. The van der Waals surface area contributed by atoms with Crippen molar-refractivity contribution in [3.8, 4) is 0 Å². The van der Waals surface area contributed by atoms with Crippen LogP contribution in [0.2, 0.25) is 0 Å². The van der Waals surface area contributed by atoms with Gasteiger partial charge in [0.1, 0.15) is 0 Å². The molecule has 0 N–H and O–H groups in total. The zero-order chi connectivity index (χ0) is 8.48. The number of aromatic nitrogens is 1. The minimum absolute atomic E-state index is 0.461. The predicted molar refractivity (Wildman–Crippen MR) is 48.2 cm³/mol. The second kappa shape index (κ2) is 3.18. The van der Waals surface area contributed by atoms with Gasteiger partial charge in [-0.15, -0.1) is 0 Å². The first-order valence-corrected chi connectivity index (χ1v) is 4.13. The molecule has 1 rings (SSSR count). The highest BCUT2D eigenvalue weighted by Gasteiger charge is 2.23. The lowest BCUT2D eigenvalue weighted by Gasteiger charge is -2.09. The van der Waals surface area contributed by atoms with E-state index in [1.807, 2.05) is 13.0 Å². The van der Waals surface area contributed by atoms with Crippen LogP contribution in [0.15, 0.2) is 18.3 Å². The second-order valence-electron chi connectivity index (χ2n) is 2.22. The summed E-state index contributed by atoms with van der Waals surface area (Å²) in [6.45, 7) is 1.92. The molecule has 11 heavy (non-hydrogen) atoms. The average Bonchev–Trinajstić information content (AvgIpc) is 1.86. The minimum Gasteiger partial charge on any atom is -0.257 e. The van der Waals surface area contributed by atoms with Gasteiger partial charge in [-0.2, -0.15) is 0 Å².